The number of sulfonamides is 1. The van der Waals surface area contributed by atoms with Crippen LogP contribution in [0, 0.1) is 0 Å². The molecule has 0 atom stereocenters. The van der Waals surface area contributed by atoms with Gasteiger partial charge in [-0.1, -0.05) is 4.89 Å². The van der Waals surface area contributed by atoms with Crippen molar-refractivity contribution in [2.45, 2.75) is 11.9 Å². The molecule has 0 fully saturated rings. The Hall–Kier alpha value is -0.920. The minimum Gasteiger partial charge on any atom is -0.335 e. The van der Waals surface area contributed by atoms with Crippen molar-refractivity contribution in [2.75, 3.05) is 6.61 Å². The van der Waals surface area contributed by atoms with Crippen LogP contribution >= 0.6 is 0 Å². The minimum atomic E-state index is -3.57. The van der Waals surface area contributed by atoms with Crippen molar-refractivity contribution in [2.24, 2.45) is 0 Å². The first-order valence-electron chi connectivity index (χ1n) is 3.29. The van der Waals surface area contributed by atoms with E-state index < -0.39 is 10.0 Å². The molecule has 0 aliphatic heterocycles. The molecule has 1 aromatic rings. The molecule has 7 heteroatoms. The third kappa shape index (κ3) is 2.03. The molecular formula is C5H9N3O3S. The zero-order valence-electron chi connectivity index (χ0n) is 6.44. The Morgan fingerprint density at radius 1 is 1.75 bits per heavy atom. The van der Waals surface area contributed by atoms with Gasteiger partial charge in [-0.05, 0) is 6.92 Å². The number of hydrogen-bond acceptors (Lipinski definition) is 4. The Balaban J connectivity index is 2.74. The van der Waals surface area contributed by atoms with E-state index in [1.54, 1.807) is 6.92 Å². The topological polar surface area (TPSA) is 84.1 Å². The lowest BCUT2D eigenvalue weighted by molar-refractivity contribution is 0.105. The van der Waals surface area contributed by atoms with Crippen molar-refractivity contribution >= 4 is 10.0 Å². The Morgan fingerprint density at radius 2 is 2.50 bits per heavy atom. The summed E-state index contributed by atoms with van der Waals surface area (Å²) in [6.07, 6.45) is 2.47. The molecule has 0 aliphatic rings. The van der Waals surface area contributed by atoms with Crippen LogP contribution in [0.2, 0.25) is 0 Å². The number of nitrogens with one attached hydrogen (secondary N) is 2. The van der Waals surface area contributed by atoms with Gasteiger partial charge >= 0.3 is 0 Å². The molecule has 0 radical (unpaired) electrons. The molecule has 12 heavy (non-hydrogen) atoms. The van der Waals surface area contributed by atoms with E-state index in [1.165, 1.54) is 12.5 Å². The lowest BCUT2D eigenvalue weighted by atomic mass is 10.9. The lowest BCUT2D eigenvalue weighted by Crippen LogP contribution is -2.24. The van der Waals surface area contributed by atoms with Gasteiger partial charge in [0.1, 0.15) is 0 Å². The van der Waals surface area contributed by atoms with Gasteiger partial charge in [0, 0.05) is 0 Å². The van der Waals surface area contributed by atoms with E-state index >= 15 is 0 Å². The van der Waals surface area contributed by atoms with Crippen LogP contribution in [0.5, 0.6) is 0 Å². The lowest BCUT2D eigenvalue weighted by Gasteiger charge is -2.01. The van der Waals surface area contributed by atoms with Crippen molar-refractivity contribution < 1.29 is 13.3 Å². The Labute approximate surface area is 70.0 Å². The van der Waals surface area contributed by atoms with Crippen molar-refractivity contribution in [1.82, 2.24) is 14.9 Å². The van der Waals surface area contributed by atoms with E-state index in [9.17, 15) is 8.42 Å². The zero-order valence-corrected chi connectivity index (χ0v) is 7.26. The van der Waals surface area contributed by atoms with Gasteiger partial charge in [0.2, 0.25) is 0 Å². The number of nitrogens with zero attached hydrogens (tertiary/aromatic N) is 1. The highest BCUT2D eigenvalue weighted by molar-refractivity contribution is 7.89. The maximum absolute atomic E-state index is 11.1. The van der Waals surface area contributed by atoms with Crippen LogP contribution in [0.1, 0.15) is 6.92 Å². The average molecular weight is 191 g/mol. The van der Waals surface area contributed by atoms with Crippen molar-refractivity contribution in [3.8, 4) is 0 Å². The van der Waals surface area contributed by atoms with E-state index in [-0.39, 0.29) is 11.6 Å². The van der Waals surface area contributed by atoms with Gasteiger partial charge in [0.15, 0.2) is 5.03 Å². The summed E-state index contributed by atoms with van der Waals surface area (Å²) in [7, 11) is -3.57. The maximum atomic E-state index is 11.1. The third-order valence-electron chi connectivity index (χ3n) is 1.08. The van der Waals surface area contributed by atoms with Crippen molar-refractivity contribution in [3.05, 3.63) is 12.5 Å². The molecule has 2 N–H and O–H groups in total. The van der Waals surface area contributed by atoms with Crippen LogP contribution in [0.3, 0.4) is 0 Å². The van der Waals surface area contributed by atoms with Crippen LogP contribution in [0.4, 0.5) is 0 Å². The average Bonchev–Trinajstić information content (AvgIpc) is 2.53. The number of H-pyrrole nitrogens is 1. The highest BCUT2D eigenvalue weighted by Crippen LogP contribution is 2.00. The fourth-order valence-electron chi connectivity index (χ4n) is 0.571. The summed E-state index contributed by atoms with van der Waals surface area (Å²) < 4.78 is 22.3. The monoisotopic (exact) mass is 191 g/mol. The van der Waals surface area contributed by atoms with Gasteiger partial charge in [0.25, 0.3) is 10.0 Å². The van der Waals surface area contributed by atoms with Crippen LogP contribution < -0.4 is 4.89 Å². The Kier molecular flexibility index (Phi) is 2.79. The standard InChI is InChI=1S/C5H9N3O3S/c1-2-11-8-12(9,10)5-3-6-4-7-5/h3-4,8H,2H2,1H3,(H,6,7). The van der Waals surface area contributed by atoms with Crippen LogP contribution in [0.25, 0.3) is 0 Å². The fraction of sp³-hybridized carbons (Fsp3) is 0.400. The van der Waals surface area contributed by atoms with Crippen molar-refractivity contribution in [1.29, 1.82) is 0 Å². The first-order chi connectivity index (χ1) is 5.67. The van der Waals surface area contributed by atoms with Crippen molar-refractivity contribution in [3.63, 3.8) is 0 Å². The van der Waals surface area contributed by atoms with Crippen LogP contribution in [0.15, 0.2) is 17.6 Å². The van der Waals surface area contributed by atoms with E-state index in [0.29, 0.717) is 0 Å². The van der Waals surface area contributed by atoms with Gasteiger partial charge in [-0.3, -0.25) is 4.84 Å². The van der Waals surface area contributed by atoms with Crippen LogP contribution in [-0.2, 0) is 14.9 Å². The van der Waals surface area contributed by atoms with E-state index in [2.05, 4.69) is 14.8 Å². The summed E-state index contributed by atoms with van der Waals surface area (Å²) in [5.41, 5.74) is 0. The molecule has 68 valence electrons. The summed E-state index contributed by atoms with van der Waals surface area (Å²) in [6.45, 7) is 1.95. The molecule has 0 bridgehead atoms. The summed E-state index contributed by atoms with van der Waals surface area (Å²) in [5, 5.41) is -0.0176. The quantitative estimate of drug-likeness (QED) is 0.636. The second kappa shape index (κ2) is 3.65. The summed E-state index contributed by atoms with van der Waals surface area (Å²) >= 11 is 0. The number of aromatic amines is 1. The normalized spacial score (nSPS) is 11.8. The molecule has 1 rings (SSSR count). The molecule has 0 unspecified atom stereocenters. The third-order valence-corrected chi connectivity index (χ3v) is 2.22. The number of imidazole rings is 1. The molecule has 0 saturated heterocycles. The SMILES string of the molecule is CCONS(=O)(=O)c1cnc[nH]1. The predicted molar refractivity (Wildman–Crippen MR) is 40.5 cm³/mol. The van der Waals surface area contributed by atoms with Gasteiger partial charge in [-0.25, -0.2) is 13.4 Å². The second-order valence-electron chi connectivity index (χ2n) is 1.94. The largest absolute Gasteiger partial charge is 0.335 e. The smallest absolute Gasteiger partial charge is 0.279 e. The summed E-state index contributed by atoms with van der Waals surface area (Å²) in [4.78, 5) is 12.5. The molecule has 0 aliphatic carbocycles. The molecular weight excluding hydrogens is 182 g/mol. The Morgan fingerprint density at radius 3 is 3.00 bits per heavy atom. The van der Waals surface area contributed by atoms with Gasteiger partial charge in [0.05, 0.1) is 19.1 Å². The highest BCUT2D eigenvalue weighted by atomic mass is 32.2. The highest BCUT2D eigenvalue weighted by Gasteiger charge is 2.14. The summed E-state index contributed by atoms with van der Waals surface area (Å²) in [6, 6.07) is 0. The molecule has 1 aromatic heterocycles. The van der Waals surface area contributed by atoms with E-state index in [0.717, 1.165) is 0 Å². The Bertz CT molecular complexity index is 318. The molecule has 0 saturated carbocycles. The first kappa shape index (κ1) is 9.17. The molecule has 6 nitrogen and oxygen atoms in total. The van der Waals surface area contributed by atoms with Gasteiger partial charge in [-0.15, -0.1) is 0 Å². The maximum Gasteiger partial charge on any atom is 0.279 e. The fourth-order valence-corrected chi connectivity index (χ4v) is 1.34. The first-order valence-corrected chi connectivity index (χ1v) is 4.77. The summed E-state index contributed by atoms with van der Waals surface area (Å²) in [5.74, 6) is 0. The van der Waals surface area contributed by atoms with Crippen LogP contribution in [-0.4, -0.2) is 25.0 Å². The number of aromatic nitrogens is 2. The number of hydrogen-bond donors (Lipinski definition) is 2. The minimum absolute atomic E-state index is 0.0176. The van der Waals surface area contributed by atoms with E-state index in [4.69, 9.17) is 0 Å². The molecule has 0 aromatic carbocycles. The molecule has 0 amide bonds. The van der Waals surface area contributed by atoms with Gasteiger partial charge in [-0.2, -0.15) is 0 Å². The predicted octanol–water partition coefficient (Wildman–Crippen LogP) is -0.360. The molecule has 0 spiro atoms. The second-order valence-corrected chi connectivity index (χ2v) is 3.55. The number of rotatable bonds is 4. The molecule has 1 heterocycles. The van der Waals surface area contributed by atoms with Gasteiger partial charge < -0.3 is 4.98 Å². The van der Waals surface area contributed by atoms with E-state index in [1.807, 2.05) is 4.89 Å². The zero-order chi connectivity index (χ0) is 9.03.